The third-order valence-corrected chi connectivity index (χ3v) is 3.11. The lowest BCUT2D eigenvalue weighted by molar-refractivity contribution is -0.137. The van der Waals surface area contributed by atoms with Gasteiger partial charge >= 0.3 is 6.18 Å². The average Bonchev–Trinajstić information content (AvgIpc) is 2.81. The van der Waals surface area contributed by atoms with E-state index in [2.05, 4.69) is 10.5 Å². The molecule has 20 heavy (non-hydrogen) atoms. The zero-order valence-electron chi connectivity index (χ0n) is 10.9. The molecule has 4 nitrogen and oxygen atoms in total. The molecule has 1 aromatic heterocycles. The second-order valence-corrected chi connectivity index (χ2v) is 4.50. The van der Waals surface area contributed by atoms with Gasteiger partial charge in [-0.05, 0) is 24.1 Å². The van der Waals surface area contributed by atoms with Gasteiger partial charge < -0.3 is 0 Å². The monoisotopic (exact) mass is 284 g/mol. The van der Waals surface area contributed by atoms with Crippen LogP contribution in [0.5, 0.6) is 0 Å². The predicted octanol–water partition coefficient (Wildman–Crippen LogP) is 2.19. The van der Waals surface area contributed by atoms with E-state index in [1.807, 2.05) is 0 Å². The highest BCUT2D eigenvalue weighted by molar-refractivity contribution is 5.27. The third kappa shape index (κ3) is 3.17. The Morgan fingerprint density at radius 1 is 1.35 bits per heavy atom. The zero-order chi connectivity index (χ0) is 14.8. The summed E-state index contributed by atoms with van der Waals surface area (Å²) in [5.74, 6) is 5.49. The molecule has 3 N–H and O–H groups in total. The summed E-state index contributed by atoms with van der Waals surface area (Å²) >= 11 is 0. The highest BCUT2D eigenvalue weighted by atomic mass is 19.4. The second kappa shape index (κ2) is 5.64. The summed E-state index contributed by atoms with van der Waals surface area (Å²) in [6.45, 7) is 0. The normalized spacial score (nSPS) is 13.4. The van der Waals surface area contributed by atoms with Gasteiger partial charge in [0.25, 0.3) is 0 Å². The molecule has 2 aromatic rings. The van der Waals surface area contributed by atoms with E-state index in [1.54, 1.807) is 30.1 Å². The van der Waals surface area contributed by atoms with Crippen LogP contribution in [0.4, 0.5) is 13.2 Å². The molecule has 1 heterocycles. The Labute approximate surface area is 114 Å². The second-order valence-electron chi connectivity index (χ2n) is 4.50. The maximum atomic E-state index is 12.7. The molecule has 0 spiro atoms. The molecule has 7 heteroatoms. The summed E-state index contributed by atoms with van der Waals surface area (Å²) in [4.78, 5) is 0. The molecule has 0 aliphatic heterocycles. The van der Waals surface area contributed by atoms with Crippen LogP contribution >= 0.6 is 0 Å². The number of hydrogen-bond acceptors (Lipinski definition) is 3. The average molecular weight is 284 g/mol. The van der Waals surface area contributed by atoms with Crippen LogP contribution in [0.1, 0.15) is 22.9 Å². The van der Waals surface area contributed by atoms with E-state index >= 15 is 0 Å². The zero-order valence-corrected chi connectivity index (χ0v) is 10.9. The van der Waals surface area contributed by atoms with E-state index < -0.39 is 11.7 Å². The van der Waals surface area contributed by atoms with Crippen LogP contribution in [0, 0.1) is 0 Å². The van der Waals surface area contributed by atoms with E-state index in [9.17, 15) is 13.2 Å². The quantitative estimate of drug-likeness (QED) is 0.668. The van der Waals surface area contributed by atoms with Crippen molar-refractivity contribution in [2.75, 3.05) is 0 Å². The Hall–Kier alpha value is -1.86. The van der Waals surface area contributed by atoms with Crippen LogP contribution < -0.4 is 11.3 Å². The van der Waals surface area contributed by atoms with E-state index in [4.69, 9.17) is 5.84 Å². The van der Waals surface area contributed by atoms with Crippen molar-refractivity contribution in [3.8, 4) is 0 Å². The number of nitrogens with two attached hydrogens (primary N) is 1. The van der Waals surface area contributed by atoms with Gasteiger partial charge in [-0.15, -0.1) is 0 Å². The van der Waals surface area contributed by atoms with Crippen molar-refractivity contribution in [1.29, 1.82) is 0 Å². The molecule has 108 valence electrons. The summed E-state index contributed by atoms with van der Waals surface area (Å²) in [6.07, 6.45) is -2.38. The lowest BCUT2D eigenvalue weighted by Crippen LogP contribution is -2.31. The standard InChI is InChI=1S/C13H15F3N4/c1-20-12(5-6-18-20)11(19-17)8-9-3-2-4-10(7-9)13(14,15)16/h2-7,11,19H,8,17H2,1H3. The van der Waals surface area contributed by atoms with E-state index in [1.165, 1.54) is 6.07 Å². The molecule has 0 amide bonds. The Kier molecular flexibility index (Phi) is 4.10. The molecule has 1 unspecified atom stereocenters. The van der Waals surface area contributed by atoms with Gasteiger partial charge in [0.1, 0.15) is 0 Å². The largest absolute Gasteiger partial charge is 0.416 e. The lowest BCUT2D eigenvalue weighted by atomic mass is 10.0. The number of nitrogens with one attached hydrogen (secondary N) is 1. The van der Waals surface area contributed by atoms with Crippen molar-refractivity contribution in [3.63, 3.8) is 0 Å². The first-order chi connectivity index (χ1) is 9.41. The third-order valence-electron chi connectivity index (χ3n) is 3.11. The number of nitrogens with zero attached hydrogens (tertiary/aromatic N) is 2. The number of halogens is 3. The Morgan fingerprint density at radius 2 is 2.10 bits per heavy atom. The topological polar surface area (TPSA) is 55.9 Å². The Balaban J connectivity index is 2.23. The SMILES string of the molecule is Cn1nccc1C(Cc1cccc(C(F)(F)F)c1)NN. The number of rotatable bonds is 4. The van der Waals surface area contributed by atoms with Crippen LogP contribution in [0.3, 0.4) is 0 Å². The number of alkyl halides is 3. The van der Waals surface area contributed by atoms with Crippen molar-refractivity contribution < 1.29 is 13.2 Å². The molecule has 0 radical (unpaired) electrons. The fourth-order valence-electron chi connectivity index (χ4n) is 2.09. The number of aryl methyl sites for hydroxylation is 1. The molecule has 0 saturated carbocycles. The van der Waals surface area contributed by atoms with Crippen LogP contribution in [0.25, 0.3) is 0 Å². The predicted molar refractivity (Wildman–Crippen MR) is 68.4 cm³/mol. The van der Waals surface area contributed by atoms with Crippen LogP contribution in [-0.2, 0) is 19.6 Å². The van der Waals surface area contributed by atoms with Crippen LogP contribution in [0.2, 0.25) is 0 Å². The van der Waals surface area contributed by atoms with Crippen molar-refractivity contribution in [1.82, 2.24) is 15.2 Å². The molecule has 0 fully saturated rings. The fraction of sp³-hybridized carbons (Fsp3) is 0.308. The first kappa shape index (κ1) is 14.5. The molecule has 0 saturated heterocycles. The number of benzene rings is 1. The minimum atomic E-state index is -4.34. The summed E-state index contributed by atoms with van der Waals surface area (Å²) in [5, 5.41) is 4.03. The highest BCUT2D eigenvalue weighted by Gasteiger charge is 2.30. The first-order valence-electron chi connectivity index (χ1n) is 6.02. The Morgan fingerprint density at radius 3 is 2.65 bits per heavy atom. The summed E-state index contributed by atoms with van der Waals surface area (Å²) in [5.41, 5.74) is 3.32. The van der Waals surface area contributed by atoms with Gasteiger partial charge in [0.15, 0.2) is 0 Å². The Bertz CT molecular complexity index is 577. The molecule has 0 bridgehead atoms. The minimum Gasteiger partial charge on any atom is -0.271 e. The van der Waals surface area contributed by atoms with Gasteiger partial charge in [0.2, 0.25) is 0 Å². The molecule has 0 aliphatic carbocycles. The summed E-state index contributed by atoms with van der Waals surface area (Å²) < 4.78 is 39.6. The highest BCUT2D eigenvalue weighted by Crippen LogP contribution is 2.30. The summed E-state index contributed by atoms with van der Waals surface area (Å²) in [7, 11) is 1.76. The van der Waals surface area contributed by atoms with Gasteiger partial charge in [0.05, 0.1) is 17.3 Å². The maximum absolute atomic E-state index is 12.7. The van der Waals surface area contributed by atoms with Gasteiger partial charge in [-0.2, -0.15) is 18.3 Å². The van der Waals surface area contributed by atoms with Gasteiger partial charge in [0, 0.05) is 13.2 Å². The molecular formula is C13H15F3N4. The molecular weight excluding hydrogens is 269 g/mol. The minimum absolute atomic E-state index is 0.300. The van der Waals surface area contributed by atoms with Gasteiger partial charge in [-0.3, -0.25) is 16.0 Å². The molecule has 1 atom stereocenters. The van der Waals surface area contributed by atoms with E-state index in [0.717, 1.165) is 17.8 Å². The van der Waals surface area contributed by atoms with Crippen molar-refractivity contribution in [3.05, 3.63) is 53.3 Å². The molecule has 1 aromatic carbocycles. The molecule has 2 rings (SSSR count). The molecule has 0 aliphatic rings. The van der Waals surface area contributed by atoms with Crippen molar-refractivity contribution in [2.24, 2.45) is 12.9 Å². The van der Waals surface area contributed by atoms with E-state index in [0.29, 0.717) is 12.0 Å². The maximum Gasteiger partial charge on any atom is 0.416 e. The van der Waals surface area contributed by atoms with Gasteiger partial charge in [-0.1, -0.05) is 18.2 Å². The van der Waals surface area contributed by atoms with Crippen LogP contribution in [-0.4, -0.2) is 9.78 Å². The van der Waals surface area contributed by atoms with E-state index in [-0.39, 0.29) is 6.04 Å². The number of hydrazine groups is 1. The van der Waals surface area contributed by atoms with Crippen molar-refractivity contribution in [2.45, 2.75) is 18.6 Å². The number of hydrogen-bond donors (Lipinski definition) is 2. The lowest BCUT2D eigenvalue weighted by Gasteiger charge is -2.17. The number of aromatic nitrogens is 2. The summed E-state index contributed by atoms with van der Waals surface area (Å²) in [6, 6.07) is 6.72. The first-order valence-corrected chi connectivity index (χ1v) is 6.02. The van der Waals surface area contributed by atoms with Crippen molar-refractivity contribution >= 4 is 0 Å². The smallest absolute Gasteiger partial charge is 0.271 e. The van der Waals surface area contributed by atoms with Crippen LogP contribution in [0.15, 0.2) is 36.5 Å². The fourth-order valence-corrected chi connectivity index (χ4v) is 2.09. The van der Waals surface area contributed by atoms with Gasteiger partial charge in [-0.25, -0.2) is 0 Å².